The van der Waals surface area contributed by atoms with Crippen molar-refractivity contribution < 1.29 is 47.5 Å². The molecule has 0 spiro atoms. The number of carbonyl (C=O) groups is 3. The lowest BCUT2D eigenvalue weighted by atomic mass is 9.98. The average molecular weight is 388 g/mol. The fourth-order valence-electron chi connectivity index (χ4n) is 2.86. The maximum absolute atomic E-state index is 11.6. The molecule has 10 heteroatoms. The van der Waals surface area contributed by atoms with Gasteiger partial charge in [0.1, 0.15) is 12.7 Å². The predicted octanol–water partition coefficient (Wildman–Crippen LogP) is 0.429. The van der Waals surface area contributed by atoms with Crippen LogP contribution in [-0.2, 0) is 47.5 Å². The smallest absolute Gasteiger partial charge is 0.303 e. The molecule has 2 aliphatic heterocycles. The molecule has 2 heterocycles. The van der Waals surface area contributed by atoms with Crippen molar-refractivity contribution in [2.24, 2.45) is 0 Å². The minimum atomic E-state index is -1.49. The molecule has 0 aromatic carbocycles. The van der Waals surface area contributed by atoms with E-state index in [0.717, 1.165) is 0 Å². The molecule has 10 nitrogen and oxygen atoms in total. The van der Waals surface area contributed by atoms with Gasteiger partial charge in [0.25, 0.3) is 5.97 Å². The first kappa shape index (κ1) is 21.3. The van der Waals surface area contributed by atoms with E-state index in [0.29, 0.717) is 0 Å². The van der Waals surface area contributed by atoms with Gasteiger partial charge in [-0.1, -0.05) is 6.08 Å². The van der Waals surface area contributed by atoms with Crippen LogP contribution in [0.1, 0.15) is 27.7 Å². The summed E-state index contributed by atoms with van der Waals surface area (Å²) in [6, 6.07) is 0. The number of hydrogen-bond donors (Lipinski definition) is 0. The van der Waals surface area contributed by atoms with Gasteiger partial charge in [-0.3, -0.25) is 19.1 Å². The third-order valence-electron chi connectivity index (χ3n) is 3.79. The Labute approximate surface area is 156 Å². The van der Waals surface area contributed by atoms with Crippen molar-refractivity contribution in [3.05, 3.63) is 12.7 Å². The third kappa shape index (κ3) is 5.48. The van der Waals surface area contributed by atoms with Gasteiger partial charge >= 0.3 is 17.9 Å². The molecule has 2 saturated heterocycles. The highest BCUT2D eigenvalue weighted by atomic mass is 16.9. The van der Waals surface area contributed by atoms with E-state index in [2.05, 4.69) is 6.58 Å². The Morgan fingerprint density at radius 3 is 2.22 bits per heavy atom. The Hall–Kier alpha value is -2.01. The maximum atomic E-state index is 11.6. The number of ether oxygens (including phenoxy) is 7. The maximum Gasteiger partial charge on any atom is 0.303 e. The summed E-state index contributed by atoms with van der Waals surface area (Å²) >= 11 is 0. The van der Waals surface area contributed by atoms with Crippen molar-refractivity contribution in [3.8, 4) is 0 Å². The van der Waals surface area contributed by atoms with Crippen LogP contribution in [0.15, 0.2) is 12.7 Å². The number of hydrogen-bond acceptors (Lipinski definition) is 10. The van der Waals surface area contributed by atoms with E-state index in [9.17, 15) is 14.4 Å². The summed E-state index contributed by atoms with van der Waals surface area (Å²) in [6.45, 7) is 8.61. The molecule has 0 radical (unpaired) electrons. The summed E-state index contributed by atoms with van der Waals surface area (Å²) in [7, 11) is 0. The molecule has 1 unspecified atom stereocenters. The summed E-state index contributed by atoms with van der Waals surface area (Å²) in [5.41, 5.74) is 0. The Bertz CT molecular complexity index is 590. The first-order valence-corrected chi connectivity index (χ1v) is 8.39. The van der Waals surface area contributed by atoms with Crippen LogP contribution in [0, 0.1) is 0 Å². The number of esters is 3. The molecule has 27 heavy (non-hydrogen) atoms. The molecular formula is C17H24O10. The van der Waals surface area contributed by atoms with E-state index in [1.807, 2.05) is 0 Å². The van der Waals surface area contributed by atoms with E-state index >= 15 is 0 Å². The summed E-state index contributed by atoms with van der Waals surface area (Å²) in [5.74, 6) is -3.28. The van der Waals surface area contributed by atoms with E-state index in [1.165, 1.54) is 33.8 Å². The Kier molecular flexibility index (Phi) is 6.93. The fourth-order valence-corrected chi connectivity index (χ4v) is 2.86. The zero-order valence-electron chi connectivity index (χ0n) is 15.7. The van der Waals surface area contributed by atoms with Crippen molar-refractivity contribution in [1.29, 1.82) is 0 Å². The SMILES string of the molecule is C=CCOC1(C)O[C@H]2O[C@H](COC(C)=O)[C@@H](OC(C)=O)[C@H](OC(C)=O)[C@H]2O1. The van der Waals surface area contributed by atoms with Crippen LogP contribution >= 0.6 is 0 Å². The summed E-state index contributed by atoms with van der Waals surface area (Å²) in [5, 5.41) is 0. The van der Waals surface area contributed by atoms with Gasteiger partial charge in [0, 0.05) is 27.7 Å². The summed E-state index contributed by atoms with van der Waals surface area (Å²) in [6.07, 6.45) is -3.49. The summed E-state index contributed by atoms with van der Waals surface area (Å²) in [4.78, 5) is 34.3. The lowest BCUT2D eigenvalue weighted by Gasteiger charge is -2.40. The number of carbonyl (C=O) groups excluding carboxylic acids is 3. The van der Waals surface area contributed by atoms with Crippen molar-refractivity contribution in [1.82, 2.24) is 0 Å². The number of fused-ring (bicyclic) bond motifs is 1. The predicted molar refractivity (Wildman–Crippen MR) is 86.9 cm³/mol. The van der Waals surface area contributed by atoms with Crippen LogP contribution in [0.4, 0.5) is 0 Å². The Morgan fingerprint density at radius 2 is 1.67 bits per heavy atom. The second kappa shape index (κ2) is 8.79. The normalized spacial score (nSPS) is 35.0. The highest BCUT2D eigenvalue weighted by molar-refractivity contribution is 5.67. The van der Waals surface area contributed by atoms with Gasteiger partial charge in [0.05, 0.1) is 6.61 Å². The van der Waals surface area contributed by atoms with Gasteiger partial charge < -0.3 is 28.4 Å². The lowest BCUT2D eigenvalue weighted by molar-refractivity contribution is -0.340. The molecule has 2 rings (SSSR count). The first-order valence-electron chi connectivity index (χ1n) is 8.39. The topological polar surface area (TPSA) is 116 Å². The van der Waals surface area contributed by atoms with Crippen molar-refractivity contribution >= 4 is 17.9 Å². The first-order chi connectivity index (χ1) is 12.6. The molecule has 2 fully saturated rings. The monoisotopic (exact) mass is 388 g/mol. The van der Waals surface area contributed by atoms with Gasteiger partial charge in [-0.05, 0) is 0 Å². The van der Waals surface area contributed by atoms with E-state index < -0.39 is 54.6 Å². The van der Waals surface area contributed by atoms with Gasteiger partial charge in [0.15, 0.2) is 24.6 Å². The van der Waals surface area contributed by atoms with E-state index in [-0.39, 0.29) is 13.2 Å². The van der Waals surface area contributed by atoms with Gasteiger partial charge in [-0.25, -0.2) is 0 Å². The molecule has 0 N–H and O–H groups in total. The van der Waals surface area contributed by atoms with Gasteiger partial charge in [0.2, 0.25) is 0 Å². The molecule has 2 aliphatic rings. The van der Waals surface area contributed by atoms with E-state index in [1.54, 1.807) is 0 Å². The molecule has 0 saturated carbocycles. The van der Waals surface area contributed by atoms with Crippen LogP contribution in [0.2, 0.25) is 0 Å². The molecule has 0 aromatic rings. The zero-order valence-corrected chi connectivity index (χ0v) is 15.7. The van der Waals surface area contributed by atoms with Crippen LogP contribution < -0.4 is 0 Å². The highest BCUT2D eigenvalue weighted by Gasteiger charge is 2.59. The molecule has 152 valence electrons. The zero-order chi connectivity index (χ0) is 20.2. The molecule has 0 aromatic heterocycles. The largest absolute Gasteiger partial charge is 0.463 e. The highest BCUT2D eigenvalue weighted by Crippen LogP contribution is 2.39. The van der Waals surface area contributed by atoms with Gasteiger partial charge in [-0.15, -0.1) is 6.58 Å². The lowest BCUT2D eigenvalue weighted by Crippen LogP contribution is -2.60. The van der Waals surface area contributed by atoms with Crippen molar-refractivity contribution in [2.75, 3.05) is 13.2 Å². The second-order valence-electron chi connectivity index (χ2n) is 6.16. The van der Waals surface area contributed by atoms with Crippen LogP contribution in [-0.4, -0.2) is 67.8 Å². The number of rotatable bonds is 7. The van der Waals surface area contributed by atoms with Crippen LogP contribution in [0.3, 0.4) is 0 Å². The Balaban J connectivity index is 2.28. The molecular weight excluding hydrogens is 364 g/mol. The van der Waals surface area contributed by atoms with E-state index in [4.69, 9.17) is 33.2 Å². The minimum absolute atomic E-state index is 0.137. The van der Waals surface area contributed by atoms with Crippen LogP contribution in [0.25, 0.3) is 0 Å². The molecule has 0 amide bonds. The third-order valence-corrected chi connectivity index (χ3v) is 3.79. The second-order valence-corrected chi connectivity index (χ2v) is 6.16. The standard InChI is InChI=1S/C17H24O10/c1-6-7-22-17(5)26-15-14(24-11(4)20)13(23-10(3)19)12(8-21-9(2)18)25-16(15)27-17/h6,12-16H,1,7-8H2,2-5H3/t12-,13-,14+,15-,16-,17?/m1/s1. The quantitative estimate of drug-likeness (QED) is 0.345. The summed E-state index contributed by atoms with van der Waals surface area (Å²) < 4.78 is 38.2. The van der Waals surface area contributed by atoms with Gasteiger partial charge in [-0.2, -0.15) is 0 Å². The van der Waals surface area contributed by atoms with Crippen molar-refractivity contribution in [3.63, 3.8) is 0 Å². The fraction of sp³-hybridized carbons (Fsp3) is 0.706. The van der Waals surface area contributed by atoms with Crippen LogP contribution in [0.5, 0.6) is 0 Å². The molecule has 0 bridgehead atoms. The minimum Gasteiger partial charge on any atom is -0.463 e. The average Bonchev–Trinajstić information content (AvgIpc) is 2.89. The Morgan fingerprint density at radius 1 is 1.04 bits per heavy atom. The molecule has 0 aliphatic carbocycles. The van der Waals surface area contributed by atoms with Crippen molar-refractivity contribution in [2.45, 2.75) is 64.4 Å². The molecule has 6 atom stereocenters.